The van der Waals surface area contributed by atoms with Gasteiger partial charge in [0.2, 0.25) is 5.91 Å². The molecular formula is C14H19N3O. The molecule has 0 aromatic heterocycles. The second kappa shape index (κ2) is 4.28. The van der Waals surface area contributed by atoms with Crippen molar-refractivity contribution >= 4 is 11.6 Å². The number of benzene rings is 1. The SMILES string of the molecule is CN1C2CCC1CN(c1cccc(C(N)=O)c1)C2. The molecule has 2 aliphatic heterocycles. The predicted octanol–water partition coefficient (Wildman–Crippen LogP) is 1.07. The van der Waals surface area contributed by atoms with Crippen LogP contribution < -0.4 is 10.6 Å². The van der Waals surface area contributed by atoms with Crippen LogP contribution in [0.2, 0.25) is 0 Å². The molecule has 4 heteroatoms. The van der Waals surface area contributed by atoms with Crippen molar-refractivity contribution in [2.45, 2.75) is 24.9 Å². The van der Waals surface area contributed by atoms with Crippen LogP contribution in [0.4, 0.5) is 5.69 Å². The van der Waals surface area contributed by atoms with Gasteiger partial charge in [0.1, 0.15) is 0 Å². The van der Waals surface area contributed by atoms with Crippen molar-refractivity contribution in [1.29, 1.82) is 0 Å². The summed E-state index contributed by atoms with van der Waals surface area (Å²) >= 11 is 0. The number of hydrogen-bond donors (Lipinski definition) is 1. The van der Waals surface area contributed by atoms with Crippen LogP contribution in [0.1, 0.15) is 23.2 Å². The van der Waals surface area contributed by atoms with Crippen LogP contribution in [0.5, 0.6) is 0 Å². The highest BCUT2D eigenvalue weighted by Crippen LogP contribution is 2.31. The molecule has 2 aliphatic rings. The first-order valence-electron chi connectivity index (χ1n) is 6.52. The molecule has 2 fully saturated rings. The molecule has 2 bridgehead atoms. The summed E-state index contributed by atoms with van der Waals surface area (Å²) in [6, 6.07) is 8.97. The highest BCUT2D eigenvalue weighted by molar-refractivity contribution is 5.93. The lowest BCUT2D eigenvalue weighted by atomic mass is 10.1. The van der Waals surface area contributed by atoms with Crippen LogP contribution in [0.3, 0.4) is 0 Å². The van der Waals surface area contributed by atoms with Crippen molar-refractivity contribution < 1.29 is 4.79 Å². The Kier molecular flexibility index (Phi) is 2.74. The lowest BCUT2D eigenvalue weighted by molar-refractivity contribution is 0.100. The van der Waals surface area contributed by atoms with Gasteiger partial charge in [0.05, 0.1) is 0 Å². The standard InChI is InChI=1S/C14H19N3O/c1-16-12-5-6-13(16)9-17(8-12)11-4-2-3-10(7-11)14(15)18/h2-4,7,12-13H,5-6,8-9H2,1H3,(H2,15,18). The smallest absolute Gasteiger partial charge is 0.248 e. The fourth-order valence-corrected chi connectivity index (χ4v) is 3.18. The van der Waals surface area contributed by atoms with E-state index in [-0.39, 0.29) is 5.91 Å². The van der Waals surface area contributed by atoms with Crippen LogP contribution in [-0.4, -0.2) is 43.0 Å². The molecule has 1 amide bonds. The maximum atomic E-state index is 11.2. The average molecular weight is 245 g/mol. The molecule has 96 valence electrons. The molecule has 2 heterocycles. The fourth-order valence-electron chi connectivity index (χ4n) is 3.18. The molecule has 2 saturated heterocycles. The van der Waals surface area contributed by atoms with Gasteiger partial charge in [-0.05, 0) is 38.1 Å². The fraction of sp³-hybridized carbons (Fsp3) is 0.500. The zero-order chi connectivity index (χ0) is 12.7. The first kappa shape index (κ1) is 11.5. The van der Waals surface area contributed by atoms with Gasteiger partial charge in [-0.3, -0.25) is 9.69 Å². The zero-order valence-corrected chi connectivity index (χ0v) is 10.7. The number of nitrogens with two attached hydrogens (primary N) is 1. The van der Waals surface area contributed by atoms with E-state index in [1.807, 2.05) is 12.1 Å². The first-order valence-corrected chi connectivity index (χ1v) is 6.52. The number of rotatable bonds is 2. The molecule has 4 nitrogen and oxygen atoms in total. The van der Waals surface area contributed by atoms with E-state index in [0.717, 1.165) is 18.8 Å². The summed E-state index contributed by atoms with van der Waals surface area (Å²) in [5, 5.41) is 0. The Bertz CT molecular complexity index is 460. The van der Waals surface area contributed by atoms with Gasteiger partial charge < -0.3 is 10.6 Å². The molecule has 0 saturated carbocycles. The molecular weight excluding hydrogens is 226 g/mol. The first-order chi connectivity index (χ1) is 8.65. The molecule has 1 aromatic rings. The number of carbonyl (C=O) groups excluding carboxylic acids is 1. The second-order valence-corrected chi connectivity index (χ2v) is 5.37. The Hall–Kier alpha value is -1.55. The number of anilines is 1. The van der Waals surface area contributed by atoms with E-state index in [9.17, 15) is 4.79 Å². The van der Waals surface area contributed by atoms with E-state index in [4.69, 9.17) is 5.73 Å². The van der Waals surface area contributed by atoms with Crippen molar-refractivity contribution in [3.8, 4) is 0 Å². The van der Waals surface area contributed by atoms with Crippen LogP contribution >= 0.6 is 0 Å². The highest BCUT2D eigenvalue weighted by Gasteiger charge is 2.37. The third-order valence-electron chi connectivity index (χ3n) is 4.34. The Labute approximate surface area is 107 Å². The van der Waals surface area contributed by atoms with Gasteiger partial charge in [-0.15, -0.1) is 0 Å². The molecule has 18 heavy (non-hydrogen) atoms. The van der Waals surface area contributed by atoms with Gasteiger partial charge in [0, 0.05) is 36.4 Å². The predicted molar refractivity (Wildman–Crippen MR) is 71.7 cm³/mol. The number of fused-ring (bicyclic) bond motifs is 2. The quantitative estimate of drug-likeness (QED) is 0.848. The largest absolute Gasteiger partial charge is 0.368 e. The van der Waals surface area contributed by atoms with Gasteiger partial charge in [-0.25, -0.2) is 0 Å². The van der Waals surface area contributed by atoms with Crippen molar-refractivity contribution in [2.75, 3.05) is 25.0 Å². The third-order valence-corrected chi connectivity index (χ3v) is 4.34. The summed E-state index contributed by atoms with van der Waals surface area (Å²) < 4.78 is 0. The van der Waals surface area contributed by atoms with Crippen molar-refractivity contribution in [2.24, 2.45) is 5.73 Å². The molecule has 1 aromatic carbocycles. The Balaban J connectivity index is 1.84. The maximum Gasteiger partial charge on any atom is 0.248 e. The minimum absolute atomic E-state index is 0.353. The molecule has 2 N–H and O–H groups in total. The van der Waals surface area contributed by atoms with E-state index in [2.05, 4.69) is 22.9 Å². The molecule has 0 spiro atoms. The van der Waals surface area contributed by atoms with Gasteiger partial charge in [-0.2, -0.15) is 0 Å². The van der Waals surface area contributed by atoms with E-state index in [1.165, 1.54) is 12.8 Å². The summed E-state index contributed by atoms with van der Waals surface area (Å²) in [4.78, 5) is 16.1. The molecule has 2 atom stereocenters. The van der Waals surface area contributed by atoms with E-state index >= 15 is 0 Å². The van der Waals surface area contributed by atoms with Gasteiger partial charge in [0.25, 0.3) is 0 Å². The monoisotopic (exact) mass is 245 g/mol. The van der Waals surface area contributed by atoms with Gasteiger partial charge in [0.15, 0.2) is 0 Å². The number of nitrogens with zero attached hydrogens (tertiary/aromatic N) is 2. The third kappa shape index (κ3) is 1.86. The van der Waals surface area contributed by atoms with Crippen molar-refractivity contribution in [1.82, 2.24) is 4.90 Å². The average Bonchev–Trinajstić information content (AvgIpc) is 2.61. The van der Waals surface area contributed by atoms with E-state index < -0.39 is 0 Å². The Morgan fingerprint density at radius 3 is 2.56 bits per heavy atom. The topological polar surface area (TPSA) is 49.6 Å². The molecule has 0 aliphatic carbocycles. The lowest BCUT2D eigenvalue weighted by Gasteiger charge is -2.40. The normalized spacial score (nSPS) is 27.5. The van der Waals surface area contributed by atoms with Crippen LogP contribution in [-0.2, 0) is 0 Å². The van der Waals surface area contributed by atoms with Gasteiger partial charge >= 0.3 is 0 Å². The number of carbonyl (C=O) groups is 1. The summed E-state index contributed by atoms with van der Waals surface area (Å²) in [6.07, 6.45) is 2.57. The number of hydrogen-bond acceptors (Lipinski definition) is 3. The summed E-state index contributed by atoms with van der Waals surface area (Å²) in [5.41, 5.74) is 7.05. The number of primary amides is 1. The summed E-state index contributed by atoms with van der Waals surface area (Å²) in [5.74, 6) is -0.353. The lowest BCUT2D eigenvalue weighted by Crippen LogP contribution is -2.52. The zero-order valence-electron chi connectivity index (χ0n) is 10.7. The number of amides is 1. The van der Waals surface area contributed by atoms with Crippen LogP contribution in [0.25, 0.3) is 0 Å². The molecule has 3 rings (SSSR count). The van der Waals surface area contributed by atoms with Crippen LogP contribution in [0, 0.1) is 0 Å². The molecule has 2 unspecified atom stereocenters. The second-order valence-electron chi connectivity index (χ2n) is 5.37. The number of piperazine rings is 1. The molecule has 0 radical (unpaired) electrons. The Morgan fingerprint density at radius 1 is 1.28 bits per heavy atom. The van der Waals surface area contributed by atoms with Crippen LogP contribution in [0.15, 0.2) is 24.3 Å². The minimum atomic E-state index is -0.353. The maximum absolute atomic E-state index is 11.2. The Morgan fingerprint density at radius 2 is 1.94 bits per heavy atom. The number of likely N-dealkylation sites (N-methyl/N-ethyl adjacent to an activating group) is 1. The van der Waals surface area contributed by atoms with Crippen molar-refractivity contribution in [3.05, 3.63) is 29.8 Å². The summed E-state index contributed by atoms with van der Waals surface area (Å²) in [7, 11) is 2.22. The minimum Gasteiger partial charge on any atom is -0.368 e. The van der Waals surface area contributed by atoms with Gasteiger partial charge in [-0.1, -0.05) is 6.07 Å². The van der Waals surface area contributed by atoms with E-state index in [1.54, 1.807) is 6.07 Å². The summed E-state index contributed by atoms with van der Waals surface area (Å²) in [6.45, 7) is 2.10. The highest BCUT2D eigenvalue weighted by atomic mass is 16.1. The van der Waals surface area contributed by atoms with E-state index in [0.29, 0.717) is 17.6 Å². The van der Waals surface area contributed by atoms with Crippen molar-refractivity contribution in [3.63, 3.8) is 0 Å².